The highest BCUT2D eigenvalue weighted by molar-refractivity contribution is 7.16. The average Bonchev–Trinajstić information content (AvgIpc) is 3.04. The second kappa shape index (κ2) is 8.10. The lowest BCUT2D eigenvalue weighted by Crippen LogP contribution is -2.11. The van der Waals surface area contributed by atoms with Crippen LogP contribution >= 0.6 is 11.3 Å². The number of aromatic nitrogens is 1. The monoisotopic (exact) mass is 370 g/mol. The summed E-state index contributed by atoms with van der Waals surface area (Å²) in [4.78, 5) is 18.0. The summed E-state index contributed by atoms with van der Waals surface area (Å²) in [6.45, 7) is 2.10. The van der Waals surface area contributed by atoms with Gasteiger partial charge in [-0.2, -0.15) is 0 Å². The summed E-state index contributed by atoms with van der Waals surface area (Å²) in [6, 6.07) is 13.3. The van der Waals surface area contributed by atoms with Crippen molar-refractivity contribution in [1.29, 1.82) is 0 Å². The second-order valence-corrected chi connectivity index (χ2v) is 6.82. The molecule has 1 amide bonds. The van der Waals surface area contributed by atoms with Gasteiger partial charge in [-0.15, -0.1) is 11.3 Å². The van der Waals surface area contributed by atoms with Gasteiger partial charge >= 0.3 is 0 Å². The van der Waals surface area contributed by atoms with Crippen LogP contribution in [0.5, 0.6) is 5.75 Å². The molecule has 134 valence electrons. The molecule has 3 aromatic rings. The number of rotatable bonds is 6. The molecule has 26 heavy (non-hydrogen) atoms. The number of thiazole rings is 1. The Morgan fingerprint density at radius 1 is 1.23 bits per heavy atom. The van der Waals surface area contributed by atoms with Crippen molar-refractivity contribution >= 4 is 22.4 Å². The molecule has 0 unspecified atom stereocenters. The molecule has 0 aliphatic heterocycles. The average molecular weight is 370 g/mol. The second-order valence-electron chi connectivity index (χ2n) is 5.73. The summed E-state index contributed by atoms with van der Waals surface area (Å²) < 4.78 is 18.5. The third-order valence-corrected chi connectivity index (χ3v) is 4.88. The minimum atomic E-state index is -0.442. The maximum Gasteiger partial charge on any atom is 0.257 e. The van der Waals surface area contributed by atoms with Crippen LogP contribution in [-0.2, 0) is 6.42 Å². The first-order valence-electron chi connectivity index (χ1n) is 8.31. The van der Waals surface area contributed by atoms with Gasteiger partial charge in [0.1, 0.15) is 11.6 Å². The Bertz CT molecular complexity index is 906. The van der Waals surface area contributed by atoms with Gasteiger partial charge in [0.05, 0.1) is 12.8 Å². The molecule has 0 radical (unpaired) electrons. The van der Waals surface area contributed by atoms with Crippen molar-refractivity contribution in [3.8, 4) is 17.0 Å². The summed E-state index contributed by atoms with van der Waals surface area (Å²) in [7, 11) is 1.63. The molecule has 1 N–H and O–H groups in total. The van der Waals surface area contributed by atoms with Crippen molar-refractivity contribution in [2.45, 2.75) is 19.8 Å². The minimum absolute atomic E-state index is 0.267. The summed E-state index contributed by atoms with van der Waals surface area (Å²) >= 11 is 1.45. The van der Waals surface area contributed by atoms with Crippen LogP contribution in [0.15, 0.2) is 48.5 Å². The number of nitrogens with zero attached hydrogens (tertiary/aromatic N) is 1. The Labute approximate surface area is 155 Å². The number of carbonyl (C=O) groups is 1. The maximum absolute atomic E-state index is 13.3. The van der Waals surface area contributed by atoms with E-state index < -0.39 is 5.82 Å². The quantitative estimate of drug-likeness (QED) is 0.652. The third-order valence-electron chi connectivity index (χ3n) is 3.85. The zero-order valence-electron chi connectivity index (χ0n) is 14.6. The van der Waals surface area contributed by atoms with Crippen LogP contribution in [0.1, 0.15) is 28.6 Å². The number of methoxy groups -OCH3 is 1. The lowest BCUT2D eigenvalue weighted by atomic mass is 10.1. The first-order valence-corrected chi connectivity index (χ1v) is 9.13. The highest BCUT2D eigenvalue weighted by Crippen LogP contribution is 2.33. The Kier molecular flexibility index (Phi) is 5.63. The van der Waals surface area contributed by atoms with Gasteiger partial charge in [0, 0.05) is 16.0 Å². The van der Waals surface area contributed by atoms with Gasteiger partial charge in [-0.3, -0.25) is 10.1 Å². The van der Waals surface area contributed by atoms with E-state index in [0.29, 0.717) is 5.13 Å². The Hall–Kier alpha value is -2.73. The zero-order valence-corrected chi connectivity index (χ0v) is 15.4. The lowest BCUT2D eigenvalue weighted by molar-refractivity contribution is 0.102. The fourth-order valence-electron chi connectivity index (χ4n) is 2.58. The molecular weight excluding hydrogens is 351 g/mol. The number of nitrogens with one attached hydrogen (secondary N) is 1. The van der Waals surface area contributed by atoms with E-state index in [4.69, 9.17) is 4.74 Å². The van der Waals surface area contributed by atoms with Crippen molar-refractivity contribution in [1.82, 2.24) is 4.98 Å². The highest BCUT2D eigenvalue weighted by Gasteiger charge is 2.15. The number of halogens is 1. The summed E-state index contributed by atoms with van der Waals surface area (Å²) in [6.07, 6.45) is 1.84. The van der Waals surface area contributed by atoms with Crippen molar-refractivity contribution in [3.05, 3.63) is 64.8 Å². The molecule has 0 bridgehead atoms. The highest BCUT2D eigenvalue weighted by atomic mass is 32.1. The topological polar surface area (TPSA) is 51.2 Å². The van der Waals surface area contributed by atoms with E-state index >= 15 is 0 Å². The SMILES string of the molecule is CCCc1sc(NC(=O)c2cccc(F)c2)nc1-c1ccc(OC)cc1. The molecule has 4 nitrogen and oxygen atoms in total. The lowest BCUT2D eigenvalue weighted by Gasteiger charge is -2.03. The van der Waals surface area contributed by atoms with Gasteiger partial charge in [0.2, 0.25) is 0 Å². The number of benzene rings is 2. The van der Waals surface area contributed by atoms with Crippen LogP contribution in [0.3, 0.4) is 0 Å². The van der Waals surface area contributed by atoms with Crippen molar-refractivity contribution in [2.75, 3.05) is 12.4 Å². The van der Waals surface area contributed by atoms with E-state index in [1.54, 1.807) is 13.2 Å². The molecule has 0 aliphatic carbocycles. The summed E-state index contributed by atoms with van der Waals surface area (Å²) in [5.74, 6) is -0.0365. The summed E-state index contributed by atoms with van der Waals surface area (Å²) in [5.41, 5.74) is 2.09. The number of ether oxygens (including phenoxy) is 1. The predicted molar refractivity (Wildman–Crippen MR) is 102 cm³/mol. The van der Waals surface area contributed by atoms with E-state index in [2.05, 4.69) is 17.2 Å². The first kappa shape index (κ1) is 18.1. The predicted octanol–water partition coefficient (Wildman–Crippen LogP) is 5.16. The smallest absolute Gasteiger partial charge is 0.257 e. The molecule has 0 aliphatic rings. The molecule has 1 aromatic heterocycles. The van der Waals surface area contributed by atoms with Gasteiger partial charge in [0.25, 0.3) is 5.91 Å². The third kappa shape index (κ3) is 4.08. The molecule has 0 saturated carbocycles. The Balaban J connectivity index is 1.87. The van der Waals surface area contributed by atoms with E-state index in [0.717, 1.165) is 34.7 Å². The fraction of sp³-hybridized carbons (Fsp3) is 0.200. The molecule has 2 aromatic carbocycles. The molecule has 0 saturated heterocycles. The van der Waals surface area contributed by atoms with Gasteiger partial charge in [-0.05, 0) is 48.9 Å². The van der Waals surface area contributed by atoms with Gasteiger partial charge in [0.15, 0.2) is 5.13 Å². The molecule has 6 heteroatoms. The van der Waals surface area contributed by atoms with E-state index in [1.807, 2.05) is 24.3 Å². The Morgan fingerprint density at radius 3 is 2.65 bits per heavy atom. The normalized spacial score (nSPS) is 10.6. The Morgan fingerprint density at radius 2 is 2.00 bits per heavy atom. The van der Waals surface area contributed by atoms with Crippen LogP contribution in [0.2, 0.25) is 0 Å². The van der Waals surface area contributed by atoms with Crippen molar-refractivity contribution < 1.29 is 13.9 Å². The van der Waals surface area contributed by atoms with Crippen LogP contribution in [0, 0.1) is 5.82 Å². The first-order chi connectivity index (χ1) is 12.6. The standard InChI is InChI=1S/C20H19FN2O2S/c1-3-5-17-18(13-8-10-16(25-2)11-9-13)22-20(26-17)23-19(24)14-6-4-7-15(21)12-14/h4,6-12H,3,5H2,1-2H3,(H,22,23,24). The van der Waals surface area contributed by atoms with E-state index in [1.165, 1.54) is 29.5 Å². The zero-order chi connectivity index (χ0) is 18.5. The molecule has 1 heterocycles. The fourth-order valence-corrected chi connectivity index (χ4v) is 3.66. The van der Waals surface area contributed by atoms with Gasteiger partial charge < -0.3 is 4.74 Å². The number of aryl methyl sites for hydroxylation is 1. The molecular formula is C20H19FN2O2S. The van der Waals surface area contributed by atoms with Crippen molar-refractivity contribution in [3.63, 3.8) is 0 Å². The van der Waals surface area contributed by atoms with Crippen LogP contribution in [0.4, 0.5) is 9.52 Å². The van der Waals surface area contributed by atoms with Crippen LogP contribution < -0.4 is 10.1 Å². The van der Waals surface area contributed by atoms with E-state index in [-0.39, 0.29) is 11.5 Å². The van der Waals surface area contributed by atoms with Crippen LogP contribution in [-0.4, -0.2) is 18.0 Å². The summed E-state index contributed by atoms with van der Waals surface area (Å²) in [5, 5.41) is 3.28. The molecule has 0 spiro atoms. The minimum Gasteiger partial charge on any atom is -0.497 e. The van der Waals surface area contributed by atoms with Crippen LogP contribution in [0.25, 0.3) is 11.3 Å². The molecule has 3 rings (SSSR count). The maximum atomic E-state index is 13.3. The van der Waals surface area contributed by atoms with E-state index in [9.17, 15) is 9.18 Å². The van der Waals surface area contributed by atoms with Gasteiger partial charge in [-0.25, -0.2) is 9.37 Å². The number of carbonyl (C=O) groups excluding carboxylic acids is 1. The number of hydrogen-bond acceptors (Lipinski definition) is 4. The number of amides is 1. The number of hydrogen-bond donors (Lipinski definition) is 1. The molecule has 0 atom stereocenters. The number of anilines is 1. The van der Waals surface area contributed by atoms with Crippen molar-refractivity contribution in [2.24, 2.45) is 0 Å². The molecule has 0 fully saturated rings. The largest absolute Gasteiger partial charge is 0.497 e. The van der Waals surface area contributed by atoms with Gasteiger partial charge in [-0.1, -0.05) is 19.4 Å².